The molecular weight excluding hydrogens is 452 g/mol. The fourth-order valence-electron chi connectivity index (χ4n) is 7.14. The fourth-order valence-corrected chi connectivity index (χ4v) is 8.44. The van der Waals surface area contributed by atoms with Crippen molar-refractivity contribution in [3.05, 3.63) is 46.5 Å². The topological polar surface area (TPSA) is 48.5 Å². The van der Waals surface area contributed by atoms with Crippen LogP contribution in [0.3, 0.4) is 0 Å². The molecule has 1 aliphatic carbocycles. The van der Waals surface area contributed by atoms with Crippen molar-refractivity contribution < 1.29 is 4.79 Å². The number of amides is 1. The molecule has 5 rings (SSSR count). The van der Waals surface area contributed by atoms with E-state index in [1.165, 1.54) is 16.1 Å². The highest BCUT2D eigenvalue weighted by molar-refractivity contribution is 7.16. The lowest BCUT2D eigenvalue weighted by molar-refractivity contribution is -0.142. The molecule has 2 fully saturated rings. The molecule has 1 N–H and O–H groups in total. The van der Waals surface area contributed by atoms with E-state index < -0.39 is 0 Å². The van der Waals surface area contributed by atoms with Crippen LogP contribution < -0.4 is 10.2 Å². The molecule has 1 aromatic heterocycles. The minimum absolute atomic E-state index is 0.0159. The van der Waals surface area contributed by atoms with Crippen molar-refractivity contribution in [2.75, 3.05) is 38.6 Å². The lowest BCUT2D eigenvalue weighted by atomic mass is 9.68. The highest BCUT2D eigenvalue weighted by atomic mass is 32.1. The first-order valence-electron chi connectivity index (χ1n) is 13.7. The summed E-state index contributed by atoms with van der Waals surface area (Å²) < 4.78 is 0. The molecule has 1 spiro atoms. The molecule has 0 radical (unpaired) electrons. The molecule has 2 aromatic rings. The molecule has 3 aliphatic rings. The van der Waals surface area contributed by atoms with Crippen molar-refractivity contribution in [2.24, 2.45) is 11.8 Å². The number of aromatic nitrogens is 1. The third-order valence-electron chi connectivity index (χ3n) is 9.10. The smallest absolute Gasteiger partial charge is 0.228 e. The summed E-state index contributed by atoms with van der Waals surface area (Å²) in [4.78, 5) is 25.3. The molecule has 0 saturated carbocycles. The summed E-state index contributed by atoms with van der Waals surface area (Å²) in [5, 5.41) is 4.73. The summed E-state index contributed by atoms with van der Waals surface area (Å²) >= 11 is 1.83. The predicted molar refractivity (Wildman–Crippen MR) is 145 cm³/mol. The third-order valence-corrected chi connectivity index (χ3v) is 10.6. The van der Waals surface area contributed by atoms with Gasteiger partial charge in [-0.15, -0.1) is 11.3 Å². The molecule has 6 heteroatoms. The van der Waals surface area contributed by atoms with Crippen molar-refractivity contribution in [2.45, 2.75) is 76.2 Å². The third kappa shape index (κ3) is 4.42. The second-order valence-corrected chi connectivity index (χ2v) is 12.1. The maximum atomic E-state index is 14.5. The Morgan fingerprint density at radius 2 is 2.03 bits per heavy atom. The number of likely N-dealkylation sites (tertiary alicyclic amines) is 1. The normalized spacial score (nSPS) is 28.5. The maximum absolute atomic E-state index is 14.5. The van der Waals surface area contributed by atoms with Gasteiger partial charge in [0.05, 0.1) is 11.6 Å². The number of carbonyl (C=O) groups excluding carboxylic acids is 1. The van der Waals surface area contributed by atoms with E-state index in [0.717, 1.165) is 69.7 Å². The van der Waals surface area contributed by atoms with Crippen LogP contribution in [-0.4, -0.2) is 55.6 Å². The molecule has 35 heavy (non-hydrogen) atoms. The van der Waals surface area contributed by atoms with Crippen molar-refractivity contribution >= 4 is 22.4 Å². The van der Waals surface area contributed by atoms with E-state index >= 15 is 0 Å². The number of nitrogens with zero attached hydrogens (tertiary/aromatic N) is 3. The Labute approximate surface area is 215 Å². The Balaban J connectivity index is 1.45. The molecule has 190 valence electrons. The number of carbonyl (C=O) groups is 1. The zero-order valence-corrected chi connectivity index (χ0v) is 22.7. The van der Waals surface area contributed by atoms with Crippen molar-refractivity contribution in [1.82, 2.24) is 15.2 Å². The zero-order chi connectivity index (χ0) is 24.6. The van der Waals surface area contributed by atoms with Crippen molar-refractivity contribution in [3.63, 3.8) is 0 Å². The lowest BCUT2D eigenvalue weighted by Gasteiger charge is -2.46. The maximum Gasteiger partial charge on any atom is 0.228 e. The molecule has 1 amide bonds. The minimum atomic E-state index is -0.0919. The molecule has 2 aliphatic heterocycles. The number of fused-ring (bicyclic) bond motifs is 2. The van der Waals surface area contributed by atoms with Crippen LogP contribution >= 0.6 is 11.3 Å². The number of anilines is 1. The number of benzene rings is 1. The molecular formula is C29H42N4OS. The van der Waals surface area contributed by atoms with Crippen LogP contribution in [0.1, 0.15) is 74.4 Å². The second kappa shape index (κ2) is 10.2. The van der Waals surface area contributed by atoms with Gasteiger partial charge in [-0.25, -0.2) is 4.98 Å². The summed E-state index contributed by atoms with van der Waals surface area (Å²) in [5.74, 6) is 1.52. The average molecular weight is 495 g/mol. The van der Waals surface area contributed by atoms with Crippen molar-refractivity contribution in [3.8, 4) is 0 Å². The number of aryl methyl sites for hydroxylation is 1. The van der Waals surface area contributed by atoms with Crippen LogP contribution in [0.15, 0.2) is 30.3 Å². The van der Waals surface area contributed by atoms with Gasteiger partial charge in [0.2, 0.25) is 5.91 Å². The standard InChI is InChI=1S/C29H42N4OS/c1-5-20(6-2)25-17-22(21-11-8-7-9-12-21)14-16-33(25)27(34)23-18-30-19-29(23)15-10-13-24-26(29)35-28(31-24)32(3)4/h7-9,11-12,20,22-23,25,30H,5-6,10,13-19H2,1-4H3/t22-,23+,25?,29-/m1/s1. The van der Waals surface area contributed by atoms with Crippen LogP contribution in [0, 0.1) is 11.8 Å². The van der Waals surface area contributed by atoms with Gasteiger partial charge in [0, 0.05) is 50.1 Å². The highest BCUT2D eigenvalue weighted by Crippen LogP contribution is 2.50. The van der Waals surface area contributed by atoms with Crippen LogP contribution in [0.4, 0.5) is 5.13 Å². The summed E-state index contributed by atoms with van der Waals surface area (Å²) in [5.41, 5.74) is 2.59. The number of piperidine rings is 1. The zero-order valence-electron chi connectivity index (χ0n) is 21.9. The number of nitrogens with one attached hydrogen (secondary N) is 1. The van der Waals surface area contributed by atoms with Gasteiger partial charge >= 0.3 is 0 Å². The van der Waals surface area contributed by atoms with Gasteiger partial charge in [-0.05, 0) is 49.5 Å². The summed E-state index contributed by atoms with van der Waals surface area (Å²) in [6, 6.07) is 11.3. The highest BCUT2D eigenvalue weighted by Gasteiger charge is 2.53. The Hall–Kier alpha value is -1.92. The Kier molecular flexibility index (Phi) is 7.23. The van der Waals surface area contributed by atoms with Crippen LogP contribution in [0.2, 0.25) is 0 Å². The summed E-state index contributed by atoms with van der Waals surface area (Å²) in [6.45, 7) is 7.18. The van der Waals surface area contributed by atoms with E-state index in [4.69, 9.17) is 4.98 Å². The molecule has 1 unspecified atom stereocenters. The summed E-state index contributed by atoms with van der Waals surface area (Å²) in [6.07, 6.45) is 7.68. The second-order valence-electron chi connectivity index (χ2n) is 11.2. The van der Waals surface area contributed by atoms with Gasteiger partial charge in [-0.2, -0.15) is 0 Å². The first-order valence-corrected chi connectivity index (χ1v) is 14.5. The van der Waals surface area contributed by atoms with Gasteiger partial charge < -0.3 is 15.1 Å². The van der Waals surface area contributed by atoms with E-state index in [2.05, 4.69) is 73.4 Å². The van der Waals surface area contributed by atoms with Gasteiger partial charge in [-0.1, -0.05) is 57.0 Å². The van der Waals surface area contributed by atoms with Gasteiger partial charge in [0.15, 0.2) is 5.13 Å². The monoisotopic (exact) mass is 494 g/mol. The Bertz CT molecular complexity index is 1020. The quantitative estimate of drug-likeness (QED) is 0.599. The number of rotatable bonds is 6. The molecule has 0 bridgehead atoms. The number of hydrogen-bond donors (Lipinski definition) is 1. The first-order chi connectivity index (χ1) is 17.0. The number of thiazole rings is 1. The average Bonchev–Trinajstić information content (AvgIpc) is 3.51. The molecule has 5 nitrogen and oxygen atoms in total. The SMILES string of the molecule is CCC(CC)C1C[C@H](c2ccccc2)CCN1C(=O)[C@@H]1CNC[C@]12CCCc1nc(N(C)C)sc12. The summed E-state index contributed by atoms with van der Waals surface area (Å²) in [7, 11) is 4.15. The van der Waals surface area contributed by atoms with Crippen LogP contribution in [0.5, 0.6) is 0 Å². The van der Waals surface area contributed by atoms with Gasteiger partial charge in [-0.3, -0.25) is 4.79 Å². The van der Waals surface area contributed by atoms with Gasteiger partial charge in [0.1, 0.15) is 0 Å². The van der Waals surface area contributed by atoms with E-state index in [9.17, 15) is 4.79 Å². The van der Waals surface area contributed by atoms with Crippen LogP contribution in [0.25, 0.3) is 0 Å². The predicted octanol–water partition coefficient (Wildman–Crippen LogP) is 5.21. The van der Waals surface area contributed by atoms with Crippen LogP contribution in [-0.2, 0) is 16.6 Å². The number of hydrogen-bond acceptors (Lipinski definition) is 5. The van der Waals surface area contributed by atoms with E-state index in [-0.39, 0.29) is 11.3 Å². The van der Waals surface area contributed by atoms with E-state index in [1.54, 1.807) is 0 Å². The largest absolute Gasteiger partial charge is 0.354 e. The van der Waals surface area contributed by atoms with E-state index in [1.807, 2.05) is 11.3 Å². The molecule has 3 heterocycles. The van der Waals surface area contributed by atoms with E-state index in [0.29, 0.717) is 23.8 Å². The lowest BCUT2D eigenvalue weighted by Crippen LogP contribution is -2.54. The Morgan fingerprint density at radius 1 is 1.26 bits per heavy atom. The van der Waals surface area contributed by atoms with Gasteiger partial charge in [0.25, 0.3) is 0 Å². The molecule has 2 saturated heterocycles. The molecule has 1 aromatic carbocycles. The first kappa shape index (κ1) is 24.8. The molecule has 4 atom stereocenters. The van der Waals surface area contributed by atoms with Crippen molar-refractivity contribution in [1.29, 1.82) is 0 Å². The Morgan fingerprint density at radius 3 is 2.74 bits per heavy atom. The minimum Gasteiger partial charge on any atom is -0.354 e. The fraction of sp³-hybridized carbons (Fsp3) is 0.655.